The molecule has 0 aliphatic heterocycles. The molecule has 1 aromatic heterocycles. The lowest BCUT2D eigenvalue weighted by atomic mass is 9.83. The maximum absolute atomic E-state index is 5.39. The van der Waals surface area contributed by atoms with Crippen LogP contribution in [-0.4, -0.2) is 31.3 Å². The van der Waals surface area contributed by atoms with Crippen molar-refractivity contribution in [3.8, 4) is 17.2 Å². The number of rotatable bonds is 6. The molecule has 1 saturated carbocycles. The van der Waals surface area contributed by atoms with E-state index in [1.165, 1.54) is 19.3 Å². The van der Waals surface area contributed by atoms with Gasteiger partial charge in [0.05, 0.1) is 21.3 Å². The Hall–Kier alpha value is -2.50. The van der Waals surface area contributed by atoms with E-state index < -0.39 is 0 Å². The topological polar surface area (TPSA) is 65.5 Å². The number of anilines is 2. The average Bonchev–Trinajstić information content (AvgIpc) is 2.51. The fourth-order valence-electron chi connectivity index (χ4n) is 2.87. The van der Waals surface area contributed by atoms with E-state index in [-0.39, 0.29) is 0 Å². The Labute approximate surface area is 142 Å². The third kappa shape index (κ3) is 3.22. The molecule has 1 fully saturated rings. The van der Waals surface area contributed by atoms with Gasteiger partial charge >= 0.3 is 0 Å². The lowest BCUT2D eigenvalue weighted by Gasteiger charge is -2.25. The van der Waals surface area contributed by atoms with Gasteiger partial charge in [0.1, 0.15) is 11.6 Å². The second kappa shape index (κ2) is 6.95. The summed E-state index contributed by atoms with van der Waals surface area (Å²) in [5, 5.41) is 3.32. The average molecular weight is 329 g/mol. The molecule has 0 amide bonds. The highest BCUT2D eigenvalue weighted by Crippen LogP contribution is 2.41. The van der Waals surface area contributed by atoms with E-state index in [0.717, 1.165) is 23.0 Å². The Bertz CT molecular complexity index is 704. The molecular weight excluding hydrogens is 306 g/mol. The smallest absolute Gasteiger partial charge is 0.203 e. The van der Waals surface area contributed by atoms with Gasteiger partial charge in [-0.25, -0.2) is 9.97 Å². The van der Waals surface area contributed by atoms with Gasteiger partial charge in [0, 0.05) is 35.5 Å². The van der Waals surface area contributed by atoms with Crippen LogP contribution in [0.25, 0.3) is 0 Å². The Morgan fingerprint density at radius 2 is 1.62 bits per heavy atom. The minimum Gasteiger partial charge on any atom is -0.493 e. The van der Waals surface area contributed by atoms with Crippen LogP contribution in [0.3, 0.4) is 0 Å². The van der Waals surface area contributed by atoms with Crippen molar-refractivity contribution >= 4 is 11.5 Å². The lowest BCUT2D eigenvalue weighted by Crippen LogP contribution is -2.12. The van der Waals surface area contributed by atoms with Crippen molar-refractivity contribution in [2.75, 3.05) is 26.6 Å². The van der Waals surface area contributed by atoms with Crippen molar-refractivity contribution in [2.45, 2.75) is 32.1 Å². The van der Waals surface area contributed by atoms with E-state index in [0.29, 0.717) is 23.2 Å². The fourth-order valence-corrected chi connectivity index (χ4v) is 2.87. The molecule has 1 aliphatic carbocycles. The lowest BCUT2D eigenvalue weighted by molar-refractivity contribution is 0.324. The van der Waals surface area contributed by atoms with Gasteiger partial charge in [-0.15, -0.1) is 0 Å². The van der Waals surface area contributed by atoms with Gasteiger partial charge in [0.15, 0.2) is 11.5 Å². The number of nitrogens with one attached hydrogen (secondary N) is 1. The van der Waals surface area contributed by atoms with Gasteiger partial charge < -0.3 is 19.5 Å². The van der Waals surface area contributed by atoms with E-state index in [4.69, 9.17) is 14.2 Å². The molecule has 2 aromatic rings. The molecule has 1 N–H and O–H groups in total. The molecule has 0 radical (unpaired) electrons. The molecular formula is C18H23N3O3. The van der Waals surface area contributed by atoms with E-state index in [1.807, 2.05) is 25.1 Å². The van der Waals surface area contributed by atoms with Crippen LogP contribution in [0, 0.1) is 6.92 Å². The van der Waals surface area contributed by atoms with E-state index >= 15 is 0 Å². The summed E-state index contributed by atoms with van der Waals surface area (Å²) in [5.74, 6) is 3.88. The SMILES string of the molecule is COc1cc(Nc2cc(C3CCC3)nc(C)n2)cc(OC)c1OC. The molecule has 0 spiro atoms. The Balaban J connectivity index is 1.91. The second-order valence-corrected chi connectivity index (χ2v) is 5.89. The molecule has 6 nitrogen and oxygen atoms in total. The van der Waals surface area contributed by atoms with Crippen LogP contribution < -0.4 is 19.5 Å². The Kier molecular flexibility index (Phi) is 4.74. The van der Waals surface area contributed by atoms with Crippen molar-refractivity contribution in [1.29, 1.82) is 0 Å². The Morgan fingerprint density at radius 3 is 2.12 bits per heavy atom. The first-order valence-electron chi connectivity index (χ1n) is 8.07. The Morgan fingerprint density at radius 1 is 0.958 bits per heavy atom. The molecule has 0 saturated heterocycles. The predicted molar refractivity (Wildman–Crippen MR) is 92.7 cm³/mol. The van der Waals surface area contributed by atoms with Crippen molar-refractivity contribution < 1.29 is 14.2 Å². The predicted octanol–water partition coefficient (Wildman–Crippen LogP) is 3.82. The van der Waals surface area contributed by atoms with Crippen molar-refractivity contribution in [3.63, 3.8) is 0 Å². The summed E-state index contributed by atoms with van der Waals surface area (Å²) >= 11 is 0. The first kappa shape index (κ1) is 16.4. The maximum atomic E-state index is 5.39. The molecule has 1 heterocycles. The summed E-state index contributed by atoms with van der Waals surface area (Å²) in [6, 6.07) is 5.75. The van der Waals surface area contributed by atoms with Crippen LogP contribution in [0.5, 0.6) is 17.2 Å². The van der Waals surface area contributed by atoms with Crippen LogP contribution in [0.4, 0.5) is 11.5 Å². The fraction of sp³-hybridized carbons (Fsp3) is 0.444. The number of methoxy groups -OCH3 is 3. The summed E-state index contributed by atoms with van der Waals surface area (Å²) in [7, 11) is 4.79. The highest BCUT2D eigenvalue weighted by atomic mass is 16.5. The number of hydrogen-bond donors (Lipinski definition) is 1. The minimum atomic E-state index is 0.562. The summed E-state index contributed by atoms with van der Waals surface area (Å²) in [6.45, 7) is 1.92. The number of nitrogens with zero attached hydrogens (tertiary/aromatic N) is 2. The van der Waals surface area contributed by atoms with E-state index in [1.54, 1.807) is 21.3 Å². The molecule has 6 heteroatoms. The minimum absolute atomic E-state index is 0.562. The monoisotopic (exact) mass is 329 g/mol. The second-order valence-electron chi connectivity index (χ2n) is 5.89. The molecule has 0 unspecified atom stereocenters. The molecule has 1 aliphatic rings. The number of benzene rings is 1. The summed E-state index contributed by atoms with van der Waals surface area (Å²) in [5.41, 5.74) is 1.94. The normalized spacial score (nSPS) is 14.0. The third-order valence-corrected chi connectivity index (χ3v) is 4.32. The van der Waals surface area contributed by atoms with Crippen LogP contribution in [0.2, 0.25) is 0 Å². The summed E-state index contributed by atoms with van der Waals surface area (Å²) in [6.07, 6.45) is 3.70. The van der Waals surface area contributed by atoms with Crippen LogP contribution in [0.15, 0.2) is 18.2 Å². The molecule has 128 valence electrons. The van der Waals surface area contributed by atoms with E-state index in [2.05, 4.69) is 15.3 Å². The number of ether oxygens (including phenoxy) is 3. The largest absolute Gasteiger partial charge is 0.493 e. The molecule has 24 heavy (non-hydrogen) atoms. The van der Waals surface area contributed by atoms with Crippen molar-refractivity contribution in [2.24, 2.45) is 0 Å². The third-order valence-electron chi connectivity index (χ3n) is 4.32. The molecule has 0 bridgehead atoms. The molecule has 3 rings (SSSR count). The van der Waals surface area contributed by atoms with E-state index in [9.17, 15) is 0 Å². The molecule has 1 aromatic carbocycles. The van der Waals surface area contributed by atoms with Crippen LogP contribution >= 0.6 is 0 Å². The number of aromatic nitrogens is 2. The molecule has 0 atom stereocenters. The van der Waals surface area contributed by atoms with Gasteiger partial charge in [-0.2, -0.15) is 0 Å². The highest BCUT2D eigenvalue weighted by molar-refractivity contribution is 5.66. The standard InChI is InChI=1S/C18H23N3O3/c1-11-19-14(12-6-5-7-12)10-17(20-11)21-13-8-15(22-2)18(24-4)16(9-13)23-3/h8-10,12H,5-7H2,1-4H3,(H,19,20,21). The zero-order valence-corrected chi connectivity index (χ0v) is 14.5. The first-order chi connectivity index (χ1) is 11.6. The maximum Gasteiger partial charge on any atom is 0.203 e. The van der Waals surface area contributed by atoms with Crippen molar-refractivity contribution in [3.05, 3.63) is 29.7 Å². The highest BCUT2D eigenvalue weighted by Gasteiger charge is 2.22. The van der Waals surface area contributed by atoms with Gasteiger partial charge in [0.2, 0.25) is 5.75 Å². The first-order valence-corrected chi connectivity index (χ1v) is 8.07. The number of aryl methyl sites for hydroxylation is 1. The van der Waals surface area contributed by atoms with Gasteiger partial charge in [-0.05, 0) is 19.8 Å². The van der Waals surface area contributed by atoms with Gasteiger partial charge in [-0.1, -0.05) is 6.42 Å². The quantitative estimate of drug-likeness (QED) is 0.869. The number of hydrogen-bond acceptors (Lipinski definition) is 6. The zero-order chi connectivity index (χ0) is 17.1. The zero-order valence-electron chi connectivity index (χ0n) is 14.5. The van der Waals surface area contributed by atoms with Crippen molar-refractivity contribution in [1.82, 2.24) is 9.97 Å². The van der Waals surface area contributed by atoms with Gasteiger partial charge in [-0.3, -0.25) is 0 Å². The van der Waals surface area contributed by atoms with Crippen LogP contribution in [-0.2, 0) is 0 Å². The van der Waals surface area contributed by atoms with Gasteiger partial charge in [0.25, 0.3) is 0 Å². The van der Waals surface area contributed by atoms with Crippen LogP contribution in [0.1, 0.15) is 36.7 Å². The summed E-state index contributed by atoms with van der Waals surface area (Å²) < 4.78 is 16.1. The summed E-state index contributed by atoms with van der Waals surface area (Å²) in [4.78, 5) is 9.06.